The number of piperidine rings is 1. The van der Waals surface area contributed by atoms with E-state index in [-0.39, 0.29) is 17.9 Å². The minimum absolute atomic E-state index is 0.0878. The molecule has 26 heavy (non-hydrogen) atoms. The molecule has 2 amide bonds. The number of nitrogens with zero attached hydrogens (tertiary/aromatic N) is 2. The molecule has 0 radical (unpaired) electrons. The summed E-state index contributed by atoms with van der Waals surface area (Å²) in [4.78, 5) is 30.5. The summed E-state index contributed by atoms with van der Waals surface area (Å²) in [7, 11) is 0. The van der Waals surface area contributed by atoms with Gasteiger partial charge in [-0.25, -0.2) is 0 Å². The summed E-state index contributed by atoms with van der Waals surface area (Å²) < 4.78 is 0. The standard InChI is InChI=1S/C20H22ClN3O2/c21-16-7-4-15(5-8-16)6-9-19(25)24-13-10-17(11-14-24)23-20(26)18-3-1-2-12-22-18/h1-5,7-8,12,17H,6,9-11,13-14H2,(H,23,26). The second-order valence-electron chi connectivity index (χ2n) is 6.47. The number of hydrogen-bond acceptors (Lipinski definition) is 3. The lowest BCUT2D eigenvalue weighted by Crippen LogP contribution is -2.46. The molecule has 1 aromatic carbocycles. The second kappa shape index (κ2) is 8.81. The molecular weight excluding hydrogens is 350 g/mol. The van der Waals surface area contributed by atoms with Crippen LogP contribution < -0.4 is 5.32 Å². The molecule has 6 heteroatoms. The molecule has 1 saturated heterocycles. The monoisotopic (exact) mass is 371 g/mol. The minimum atomic E-state index is -0.155. The zero-order valence-corrected chi connectivity index (χ0v) is 15.3. The van der Waals surface area contributed by atoms with Crippen molar-refractivity contribution < 1.29 is 9.59 Å². The van der Waals surface area contributed by atoms with E-state index in [4.69, 9.17) is 11.6 Å². The number of aromatic nitrogens is 1. The number of nitrogens with one attached hydrogen (secondary N) is 1. The largest absolute Gasteiger partial charge is 0.348 e. The molecule has 2 aromatic rings. The van der Waals surface area contributed by atoms with Gasteiger partial charge in [-0.1, -0.05) is 29.8 Å². The molecule has 136 valence electrons. The van der Waals surface area contributed by atoms with Gasteiger partial charge < -0.3 is 10.2 Å². The smallest absolute Gasteiger partial charge is 0.270 e. The highest BCUT2D eigenvalue weighted by Crippen LogP contribution is 2.15. The van der Waals surface area contributed by atoms with E-state index in [0.29, 0.717) is 36.6 Å². The van der Waals surface area contributed by atoms with Crippen LogP contribution in [0.15, 0.2) is 48.7 Å². The molecule has 0 aliphatic carbocycles. The Bertz CT molecular complexity index is 741. The molecule has 1 aliphatic rings. The van der Waals surface area contributed by atoms with Crippen LogP contribution in [0.3, 0.4) is 0 Å². The Labute approximate surface area is 158 Å². The van der Waals surface area contributed by atoms with E-state index in [9.17, 15) is 9.59 Å². The maximum atomic E-state index is 12.4. The molecule has 2 heterocycles. The third kappa shape index (κ3) is 5.05. The van der Waals surface area contributed by atoms with Gasteiger partial charge in [-0.15, -0.1) is 0 Å². The molecular formula is C20H22ClN3O2. The van der Waals surface area contributed by atoms with Gasteiger partial charge in [0.15, 0.2) is 0 Å². The van der Waals surface area contributed by atoms with Gasteiger partial charge in [0.2, 0.25) is 5.91 Å². The molecule has 0 bridgehead atoms. The Morgan fingerprint density at radius 2 is 1.85 bits per heavy atom. The molecule has 0 atom stereocenters. The Balaban J connectivity index is 1.42. The molecule has 1 aromatic heterocycles. The first-order chi connectivity index (χ1) is 12.6. The highest BCUT2D eigenvalue weighted by molar-refractivity contribution is 6.30. The van der Waals surface area contributed by atoms with Gasteiger partial charge in [0.05, 0.1) is 0 Å². The number of aryl methyl sites for hydroxylation is 1. The van der Waals surface area contributed by atoms with Crippen LogP contribution in [-0.4, -0.2) is 40.8 Å². The molecule has 5 nitrogen and oxygen atoms in total. The number of benzene rings is 1. The lowest BCUT2D eigenvalue weighted by molar-refractivity contribution is -0.132. The van der Waals surface area contributed by atoms with Gasteiger partial charge >= 0.3 is 0 Å². The summed E-state index contributed by atoms with van der Waals surface area (Å²) in [6.07, 6.45) is 4.35. The molecule has 3 rings (SSSR count). The average molecular weight is 372 g/mol. The predicted octanol–water partition coefficient (Wildman–Crippen LogP) is 3.09. The number of hydrogen-bond donors (Lipinski definition) is 1. The topological polar surface area (TPSA) is 62.3 Å². The minimum Gasteiger partial charge on any atom is -0.348 e. The van der Waals surface area contributed by atoms with Crippen molar-refractivity contribution in [2.24, 2.45) is 0 Å². The molecule has 0 unspecified atom stereocenters. The van der Waals surface area contributed by atoms with Gasteiger partial charge in [-0.3, -0.25) is 14.6 Å². The van der Waals surface area contributed by atoms with Gasteiger partial charge in [-0.2, -0.15) is 0 Å². The van der Waals surface area contributed by atoms with Gasteiger partial charge in [0.25, 0.3) is 5.91 Å². The first-order valence-electron chi connectivity index (χ1n) is 8.86. The number of carbonyl (C=O) groups excluding carboxylic acids is 2. The lowest BCUT2D eigenvalue weighted by Gasteiger charge is -2.32. The Morgan fingerprint density at radius 3 is 2.50 bits per heavy atom. The predicted molar refractivity (Wildman–Crippen MR) is 101 cm³/mol. The van der Waals surface area contributed by atoms with Gasteiger partial charge in [0, 0.05) is 36.8 Å². The van der Waals surface area contributed by atoms with E-state index in [0.717, 1.165) is 18.4 Å². The molecule has 1 aliphatic heterocycles. The van der Waals surface area contributed by atoms with Crippen LogP contribution in [0.1, 0.15) is 35.3 Å². The first-order valence-corrected chi connectivity index (χ1v) is 9.24. The fourth-order valence-corrected chi connectivity index (χ4v) is 3.22. The Morgan fingerprint density at radius 1 is 1.12 bits per heavy atom. The molecule has 0 spiro atoms. The SMILES string of the molecule is O=C(NC1CCN(C(=O)CCc2ccc(Cl)cc2)CC1)c1ccccn1. The summed E-state index contributed by atoms with van der Waals surface area (Å²) in [5.41, 5.74) is 1.54. The maximum Gasteiger partial charge on any atom is 0.270 e. The van der Waals surface area contributed by atoms with Crippen LogP contribution in [0.4, 0.5) is 0 Å². The number of likely N-dealkylation sites (tertiary alicyclic amines) is 1. The van der Waals surface area contributed by atoms with Crippen LogP contribution in [0, 0.1) is 0 Å². The van der Waals surface area contributed by atoms with Crippen molar-refractivity contribution >= 4 is 23.4 Å². The van der Waals surface area contributed by atoms with Crippen molar-refractivity contribution in [2.75, 3.05) is 13.1 Å². The van der Waals surface area contributed by atoms with E-state index in [1.807, 2.05) is 29.2 Å². The van der Waals surface area contributed by atoms with Crippen LogP contribution in [-0.2, 0) is 11.2 Å². The highest BCUT2D eigenvalue weighted by Gasteiger charge is 2.24. The van der Waals surface area contributed by atoms with Crippen LogP contribution in [0.25, 0.3) is 0 Å². The Hall–Kier alpha value is -2.40. The number of pyridine rings is 1. The zero-order valence-electron chi connectivity index (χ0n) is 14.5. The van der Waals surface area contributed by atoms with Crippen molar-refractivity contribution in [1.82, 2.24) is 15.2 Å². The number of halogens is 1. The summed E-state index contributed by atoms with van der Waals surface area (Å²) in [6, 6.07) is 13.0. The molecule has 1 fully saturated rings. The summed E-state index contributed by atoms with van der Waals surface area (Å²) in [5.74, 6) is 0.00701. The fourth-order valence-electron chi connectivity index (χ4n) is 3.09. The average Bonchev–Trinajstić information content (AvgIpc) is 2.68. The van der Waals surface area contributed by atoms with Crippen molar-refractivity contribution in [2.45, 2.75) is 31.7 Å². The number of rotatable bonds is 5. The van der Waals surface area contributed by atoms with Gasteiger partial charge in [0.1, 0.15) is 5.69 Å². The van der Waals surface area contributed by atoms with E-state index < -0.39 is 0 Å². The van der Waals surface area contributed by atoms with E-state index in [1.54, 1.807) is 24.4 Å². The molecule has 1 N–H and O–H groups in total. The van der Waals surface area contributed by atoms with Crippen molar-refractivity contribution in [1.29, 1.82) is 0 Å². The van der Waals surface area contributed by atoms with Crippen molar-refractivity contribution in [3.63, 3.8) is 0 Å². The summed E-state index contributed by atoms with van der Waals surface area (Å²) in [5, 5.41) is 3.71. The third-order valence-corrected chi connectivity index (χ3v) is 4.87. The molecule has 0 saturated carbocycles. The maximum absolute atomic E-state index is 12.4. The van der Waals surface area contributed by atoms with Crippen LogP contribution >= 0.6 is 11.6 Å². The summed E-state index contributed by atoms with van der Waals surface area (Å²) >= 11 is 5.88. The highest BCUT2D eigenvalue weighted by atomic mass is 35.5. The van der Waals surface area contributed by atoms with Crippen LogP contribution in [0.5, 0.6) is 0 Å². The van der Waals surface area contributed by atoms with Crippen molar-refractivity contribution in [3.05, 3.63) is 64.9 Å². The lowest BCUT2D eigenvalue weighted by atomic mass is 10.0. The number of carbonyl (C=O) groups is 2. The van der Waals surface area contributed by atoms with Crippen LogP contribution in [0.2, 0.25) is 5.02 Å². The third-order valence-electron chi connectivity index (χ3n) is 4.62. The second-order valence-corrected chi connectivity index (χ2v) is 6.91. The Kier molecular flexibility index (Phi) is 6.23. The van der Waals surface area contributed by atoms with E-state index in [1.165, 1.54) is 0 Å². The number of amides is 2. The fraction of sp³-hybridized carbons (Fsp3) is 0.350. The summed E-state index contributed by atoms with van der Waals surface area (Å²) in [6.45, 7) is 1.35. The normalized spacial score (nSPS) is 14.9. The van der Waals surface area contributed by atoms with E-state index in [2.05, 4.69) is 10.3 Å². The van der Waals surface area contributed by atoms with Gasteiger partial charge in [-0.05, 0) is 49.1 Å². The van der Waals surface area contributed by atoms with E-state index >= 15 is 0 Å². The van der Waals surface area contributed by atoms with Crippen molar-refractivity contribution in [3.8, 4) is 0 Å². The zero-order chi connectivity index (χ0) is 18.4. The quantitative estimate of drug-likeness (QED) is 0.878. The first kappa shape index (κ1) is 18.4.